The van der Waals surface area contributed by atoms with Crippen molar-refractivity contribution in [3.8, 4) is 0 Å². The SMILES string of the molecule is CCONC(=O)[C@H](CC)c1ccccc1. The molecule has 0 aliphatic rings. The third kappa shape index (κ3) is 3.36. The molecular formula is C12H17NO2. The Morgan fingerprint density at radius 2 is 2.00 bits per heavy atom. The van der Waals surface area contributed by atoms with Gasteiger partial charge >= 0.3 is 0 Å². The van der Waals surface area contributed by atoms with Gasteiger partial charge in [0.25, 0.3) is 5.91 Å². The van der Waals surface area contributed by atoms with Crippen molar-refractivity contribution in [1.82, 2.24) is 5.48 Å². The number of hydrogen-bond acceptors (Lipinski definition) is 2. The maximum absolute atomic E-state index is 11.7. The van der Waals surface area contributed by atoms with Gasteiger partial charge in [0.05, 0.1) is 12.5 Å². The fourth-order valence-corrected chi connectivity index (χ4v) is 1.47. The van der Waals surface area contributed by atoms with Crippen LogP contribution in [0.5, 0.6) is 0 Å². The smallest absolute Gasteiger partial charge is 0.251 e. The topological polar surface area (TPSA) is 38.3 Å². The van der Waals surface area contributed by atoms with Crippen molar-refractivity contribution >= 4 is 5.91 Å². The van der Waals surface area contributed by atoms with E-state index in [1.165, 1.54) is 0 Å². The summed E-state index contributed by atoms with van der Waals surface area (Å²) in [5.74, 6) is -0.205. The molecule has 0 fully saturated rings. The van der Waals surface area contributed by atoms with E-state index in [9.17, 15) is 4.79 Å². The lowest BCUT2D eigenvalue weighted by atomic mass is 9.96. The van der Waals surface area contributed by atoms with Gasteiger partial charge in [-0.25, -0.2) is 5.48 Å². The third-order valence-electron chi connectivity index (χ3n) is 2.24. The standard InChI is InChI=1S/C12H17NO2/c1-3-11(12(14)13-15-4-2)10-8-6-5-7-9-10/h5-9,11H,3-4H2,1-2H3,(H,13,14)/t11-/m1/s1. The molecule has 0 spiro atoms. The van der Waals surface area contributed by atoms with Crippen molar-refractivity contribution in [2.24, 2.45) is 0 Å². The highest BCUT2D eigenvalue weighted by molar-refractivity contribution is 5.82. The van der Waals surface area contributed by atoms with Crippen molar-refractivity contribution in [2.45, 2.75) is 26.2 Å². The Labute approximate surface area is 90.4 Å². The first-order valence-electron chi connectivity index (χ1n) is 5.26. The second-order valence-corrected chi connectivity index (χ2v) is 3.27. The average molecular weight is 207 g/mol. The van der Waals surface area contributed by atoms with Crippen LogP contribution in [-0.4, -0.2) is 12.5 Å². The molecule has 0 aliphatic carbocycles. The number of benzene rings is 1. The molecule has 0 bridgehead atoms. The van der Waals surface area contributed by atoms with Crippen molar-refractivity contribution in [3.63, 3.8) is 0 Å². The van der Waals surface area contributed by atoms with Crippen LogP contribution in [0, 0.1) is 0 Å². The Bertz CT molecular complexity index is 298. The summed E-state index contributed by atoms with van der Waals surface area (Å²) in [4.78, 5) is 16.6. The fraction of sp³-hybridized carbons (Fsp3) is 0.417. The van der Waals surface area contributed by atoms with E-state index < -0.39 is 0 Å². The van der Waals surface area contributed by atoms with Gasteiger partial charge in [-0.05, 0) is 18.9 Å². The Morgan fingerprint density at radius 1 is 1.33 bits per heavy atom. The molecule has 1 rings (SSSR count). The lowest BCUT2D eigenvalue weighted by Gasteiger charge is -2.14. The van der Waals surface area contributed by atoms with Crippen LogP contribution in [0.15, 0.2) is 30.3 Å². The van der Waals surface area contributed by atoms with E-state index in [0.29, 0.717) is 6.61 Å². The van der Waals surface area contributed by atoms with Gasteiger partial charge in [0, 0.05) is 0 Å². The van der Waals surface area contributed by atoms with Gasteiger partial charge in [0.1, 0.15) is 0 Å². The maximum Gasteiger partial charge on any atom is 0.251 e. The van der Waals surface area contributed by atoms with Crippen LogP contribution in [0.1, 0.15) is 31.7 Å². The van der Waals surface area contributed by atoms with E-state index in [4.69, 9.17) is 4.84 Å². The summed E-state index contributed by atoms with van der Waals surface area (Å²) in [5, 5.41) is 0. The Morgan fingerprint density at radius 3 is 2.53 bits per heavy atom. The zero-order valence-electron chi connectivity index (χ0n) is 9.19. The summed E-state index contributed by atoms with van der Waals surface area (Å²) < 4.78 is 0. The summed E-state index contributed by atoms with van der Waals surface area (Å²) in [6.07, 6.45) is 0.767. The molecular weight excluding hydrogens is 190 g/mol. The number of hydroxylamine groups is 1. The predicted octanol–water partition coefficient (Wildman–Crippen LogP) is 2.25. The number of carbonyl (C=O) groups is 1. The molecule has 0 aromatic heterocycles. The van der Waals surface area contributed by atoms with Gasteiger partial charge in [0.15, 0.2) is 0 Å². The quantitative estimate of drug-likeness (QED) is 0.752. The van der Waals surface area contributed by atoms with Crippen molar-refractivity contribution in [3.05, 3.63) is 35.9 Å². The monoisotopic (exact) mass is 207 g/mol. The fourth-order valence-electron chi connectivity index (χ4n) is 1.47. The molecule has 0 heterocycles. The van der Waals surface area contributed by atoms with Crippen LogP contribution < -0.4 is 5.48 Å². The molecule has 1 amide bonds. The largest absolute Gasteiger partial charge is 0.274 e. The molecule has 1 N–H and O–H groups in total. The zero-order valence-corrected chi connectivity index (χ0v) is 9.19. The van der Waals surface area contributed by atoms with Crippen LogP contribution in [0.4, 0.5) is 0 Å². The molecule has 0 aliphatic heterocycles. The molecule has 1 atom stereocenters. The van der Waals surface area contributed by atoms with E-state index in [-0.39, 0.29) is 11.8 Å². The van der Waals surface area contributed by atoms with Crippen LogP contribution >= 0.6 is 0 Å². The van der Waals surface area contributed by atoms with Gasteiger partial charge < -0.3 is 0 Å². The van der Waals surface area contributed by atoms with Gasteiger partial charge in [-0.1, -0.05) is 37.3 Å². The number of nitrogens with one attached hydrogen (secondary N) is 1. The molecule has 3 heteroatoms. The van der Waals surface area contributed by atoms with E-state index in [1.54, 1.807) is 0 Å². The van der Waals surface area contributed by atoms with Gasteiger partial charge in [-0.2, -0.15) is 0 Å². The summed E-state index contributed by atoms with van der Waals surface area (Å²) in [5.41, 5.74) is 3.47. The number of rotatable bonds is 5. The van der Waals surface area contributed by atoms with Crippen molar-refractivity contribution in [2.75, 3.05) is 6.61 Å². The molecule has 0 radical (unpaired) electrons. The lowest BCUT2D eigenvalue weighted by molar-refractivity contribution is -0.134. The van der Waals surface area contributed by atoms with E-state index in [1.807, 2.05) is 44.2 Å². The van der Waals surface area contributed by atoms with Crippen LogP contribution in [0.3, 0.4) is 0 Å². The first kappa shape index (κ1) is 11.7. The van der Waals surface area contributed by atoms with Crippen molar-refractivity contribution in [1.29, 1.82) is 0 Å². The highest BCUT2D eigenvalue weighted by Gasteiger charge is 2.17. The van der Waals surface area contributed by atoms with E-state index in [0.717, 1.165) is 12.0 Å². The summed E-state index contributed by atoms with van der Waals surface area (Å²) in [6.45, 7) is 4.31. The molecule has 82 valence electrons. The molecule has 0 saturated carbocycles. The minimum absolute atomic E-state index is 0.0782. The van der Waals surface area contributed by atoms with E-state index >= 15 is 0 Å². The third-order valence-corrected chi connectivity index (χ3v) is 2.24. The molecule has 1 aromatic carbocycles. The number of amides is 1. The maximum atomic E-state index is 11.7. The summed E-state index contributed by atoms with van der Waals surface area (Å²) in [6, 6.07) is 9.73. The average Bonchev–Trinajstić information content (AvgIpc) is 2.29. The molecule has 15 heavy (non-hydrogen) atoms. The number of hydrogen-bond donors (Lipinski definition) is 1. The second kappa shape index (κ2) is 6.19. The van der Waals surface area contributed by atoms with Crippen LogP contribution in [0.2, 0.25) is 0 Å². The Balaban J connectivity index is 2.67. The van der Waals surface area contributed by atoms with Gasteiger partial charge in [0.2, 0.25) is 0 Å². The summed E-state index contributed by atoms with van der Waals surface area (Å²) >= 11 is 0. The first-order chi connectivity index (χ1) is 7.29. The Kier molecular flexibility index (Phi) is 4.84. The normalized spacial score (nSPS) is 12.1. The highest BCUT2D eigenvalue weighted by Crippen LogP contribution is 2.18. The summed E-state index contributed by atoms with van der Waals surface area (Å²) in [7, 11) is 0. The van der Waals surface area contributed by atoms with E-state index in [2.05, 4.69) is 5.48 Å². The minimum atomic E-state index is -0.127. The van der Waals surface area contributed by atoms with Gasteiger partial charge in [-0.15, -0.1) is 0 Å². The predicted molar refractivity (Wildman–Crippen MR) is 59.2 cm³/mol. The zero-order chi connectivity index (χ0) is 11.1. The molecule has 3 nitrogen and oxygen atoms in total. The Hall–Kier alpha value is -1.35. The van der Waals surface area contributed by atoms with Crippen molar-refractivity contribution < 1.29 is 9.63 Å². The highest BCUT2D eigenvalue weighted by atomic mass is 16.6. The second-order valence-electron chi connectivity index (χ2n) is 3.27. The first-order valence-corrected chi connectivity index (χ1v) is 5.26. The molecule has 0 unspecified atom stereocenters. The van der Waals surface area contributed by atoms with Crippen LogP contribution in [0.25, 0.3) is 0 Å². The van der Waals surface area contributed by atoms with Gasteiger partial charge in [-0.3, -0.25) is 9.63 Å². The lowest BCUT2D eigenvalue weighted by Crippen LogP contribution is -2.29. The number of carbonyl (C=O) groups excluding carboxylic acids is 1. The minimum Gasteiger partial charge on any atom is -0.274 e. The molecule has 1 aromatic rings. The molecule has 0 saturated heterocycles. The van der Waals surface area contributed by atoms with Crippen LogP contribution in [-0.2, 0) is 9.63 Å².